The fraction of sp³-hybridized carbons (Fsp3) is 0.267. The van der Waals surface area contributed by atoms with Crippen molar-refractivity contribution in [1.29, 1.82) is 0 Å². The van der Waals surface area contributed by atoms with Crippen LogP contribution in [-0.4, -0.2) is 20.2 Å². The molecule has 0 amide bonds. The van der Waals surface area contributed by atoms with Gasteiger partial charge in [-0.15, -0.1) is 11.3 Å². The number of thiophene rings is 1. The second-order valence-electron chi connectivity index (χ2n) is 5.28. The Morgan fingerprint density at radius 2 is 2.18 bits per heavy atom. The Hall–Kier alpha value is -2.41. The second-order valence-corrected chi connectivity index (χ2v) is 6.31. The lowest BCUT2D eigenvalue weighted by Crippen LogP contribution is -2.12. The maximum atomic E-state index is 11.8. The molecule has 3 N–H and O–H groups in total. The molecular formula is C15H17N5OS. The number of anilines is 1. The average molecular weight is 315 g/mol. The largest absolute Gasteiger partial charge is 0.351 e. The Labute approximate surface area is 131 Å². The summed E-state index contributed by atoms with van der Waals surface area (Å²) in [6.45, 7) is 4.79. The van der Waals surface area contributed by atoms with Gasteiger partial charge in [-0.25, -0.2) is 4.98 Å². The number of hydrogen-bond donors (Lipinski definition) is 3. The number of H-pyrrole nitrogens is 2. The molecule has 3 aromatic heterocycles. The molecule has 0 aliphatic rings. The average Bonchev–Trinajstić information content (AvgIpc) is 3.16. The predicted octanol–water partition coefficient (Wildman–Crippen LogP) is 2.96. The Kier molecular flexibility index (Phi) is 4.06. The van der Waals surface area contributed by atoms with E-state index in [-0.39, 0.29) is 5.56 Å². The van der Waals surface area contributed by atoms with E-state index >= 15 is 0 Å². The summed E-state index contributed by atoms with van der Waals surface area (Å²) in [5.41, 5.74) is 2.05. The van der Waals surface area contributed by atoms with Crippen molar-refractivity contribution >= 4 is 17.3 Å². The molecular weight excluding hydrogens is 298 g/mol. The van der Waals surface area contributed by atoms with Crippen molar-refractivity contribution in [3.63, 3.8) is 0 Å². The summed E-state index contributed by atoms with van der Waals surface area (Å²) in [5.74, 6) is 0.796. The van der Waals surface area contributed by atoms with Gasteiger partial charge in [0, 0.05) is 16.6 Å². The van der Waals surface area contributed by atoms with Gasteiger partial charge in [-0.05, 0) is 23.4 Å². The molecule has 0 unspecified atom stereocenters. The quantitative estimate of drug-likeness (QED) is 0.675. The lowest BCUT2D eigenvalue weighted by Gasteiger charge is -2.04. The fourth-order valence-electron chi connectivity index (χ4n) is 2.02. The van der Waals surface area contributed by atoms with Crippen molar-refractivity contribution in [1.82, 2.24) is 20.2 Å². The molecule has 3 heterocycles. The maximum Gasteiger partial charge on any atom is 0.252 e. The van der Waals surface area contributed by atoms with Crippen molar-refractivity contribution in [2.24, 2.45) is 0 Å². The number of nitrogens with zero attached hydrogens (tertiary/aromatic N) is 2. The van der Waals surface area contributed by atoms with Crippen molar-refractivity contribution in [3.8, 4) is 11.4 Å². The molecule has 0 aromatic carbocycles. The van der Waals surface area contributed by atoms with Crippen LogP contribution in [0.2, 0.25) is 0 Å². The number of nitrogens with one attached hydrogen (secondary N) is 3. The minimum Gasteiger partial charge on any atom is -0.351 e. The van der Waals surface area contributed by atoms with Crippen LogP contribution in [0.1, 0.15) is 30.3 Å². The summed E-state index contributed by atoms with van der Waals surface area (Å²) in [6, 6.07) is 7.40. The zero-order valence-corrected chi connectivity index (χ0v) is 13.2. The Morgan fingerprint density at radius 3 is 2.86 bits per heavy atom. The van der Waals surface area contributed by atoms with E-state index in [0.29, 0.717) is 29.8 Å². The standard InChI is InChI=1S/C15H17N5OS/c1-9(2)11-6-13(20-19-11)12-7-14(21)18-15(17-12)16-8-10-4-3-5-22-10/h3-7,9H,8H2,1-2H3,(H,19,20)(H2,16,17,18,21). The van der Waals surface area contributed by atoms with Gasteiger partial charge in [-0.1, -0.05) is 19.9 Å². The van der Waals surface area contributed by atoms with Gasteiger partial charge < -0.3 is 5.32 Å². The highest BCUT2D eigenvalue weighted by molar-refractivity contribution is 7.09. The molecule has 0 spiro atoms. The number of rotatable bonds is 5. The first kappa shape index (κ1) is 14.5. The third-order valence-electron chi connectivity index (χ3n) is 3.23. The SMILES string of the molecule is CC(C)c1cc(-c2cc(=O)[nH]c(NCc3cccs3)n2)n[nH]1. The van der Waals surface area contributed by atoms with Crippen molar-refractivity contribution in [2.75, 3.05) is 5.32 Å². The highest BCUT2D eigenvalue weighted by Gasteiger charge is 2.10. The van der Waals surface area contributed by atoms with E-state index in [1.54, 1.807) is 11.3 Å². The highest BCUT2D eigenvalue weighted by Crippen LogP contribution is 2.19. The van der Waals surface area contributed by atoms with Crippen molar-refractivity contribution < 1.29 is 0 Å². The van der Waals surface area contributed by atoms with E-state index in [1.165, 1.54) is 10.9 Å². The van der Waals surface area contributed by atoms with Gasteiger partial charge in [0.15, 0.2) is 0 Å². The van der Waals surface area contributed by atoms with Gasteiger partial charge in [0.25, 0.3) is 5.56 Å². The maximum absolute atomic E-state index is 11.8. The second kappa shape index (κ2) is 6.15. The van der Waals surface area contributed by atoms with E-state index in [0.717, 1.165) is 5.69 Å². The molecule has 114 valence electrons. The first-order valence-corrected chi connectivity index (χ1v) is 7.93. The molecule has 22 heavy (non-hydrogen) atoms. The van der Waals surface area contributed by atoms with Gasteiger partial charge in [-0.2, -0.15) is 5.10 Å². The van der Waals surface area contributed by atoms with Crippen LogP contribution in [0.15, 0.2) is 34.4 Å². The fourth-order valence-corrected chi connectivity index (χ4v) is 2.66. The molecule has 0 fully saturated rings. The molecule has 0 saturated carbocycles. The summed E-state index contributed by atoms with van der Waals surface area (Å²) >= 11 is 1.65. The molecule has 0 radical (unpaired) electrons. The zero-order valence-electron chi connectivity index (χ0n) is 12.4. The molecule has 0 saturated heterocycles. The lowest BCUT2D eigenvalue weighted by atomic mass is 10.1. The van der Waals surface area contributed by atoms with Crippen LogP contribution in [0.4, 0.5) is 5.95 Å². The Bertz CT molecular complexity index is 803. The number of hydrogen-bond acceptors (Lipinski definition) is 5. The molecule has 0 aliphatic heterocycles. The van der Waals surface area contributed by atoms with E-state index in [1.807, 2.05) is 23.6 Å². The number of aromatic nitrogens is 4. The first-order valence-electron chi connectivity index (χ1n) is 7.05. The smallest absolute Gasteiger partial charge is 0.252 e. The number of aromatic amines is 2. The van der Waals surface area contributed by atoms with Crippen LogP contribution in [0, 0.1) is 0 Å². The van der Waals surface area contributed by atoms with Crippen molar-refractivity contribution in [3.05, 3.63) is 50.6 Å². The Balaban J connectivity index is 1.84. The van der Waals surface area contributed by atoms with Gasteiger partial charge in [0.2, 0.25) is 5.95 Å². The minimum atomic E-state index is -0.201. The van der Waals surface area contributed by atoms with Crippen LogP contribution in [0.25, 0.3) is 11.4 Å². The van der Waals surface area contributed by atoms with Crippen LogP contribution in [0.5, 0.6) is 0 Å². The van der Waals surface area contributed by atoms with Crippen LogP contribution in [0.3, 0.4) is 0 Å². The topological polar surface area (TPSA) is 86.5 Å². The summed E-state index contributed by atoms with van der Waals surface area (Å²) < 4.78 is 0. The van der Waals surface area contributed by atoms with Gasteiger partial charge >= 0.3 is 0 Å². The summed E-state index contributed by atoms with van der Waals surface area (Å²) in [5, 5.41) is 12.4. The molecule has 7 heteroatoms. The minimum absolute atomic E-state index is 0.201. The van der Waals surface area contributed by atoms with Crippen LogP contribution < -0.4 is 10.9 Å². The third kappa shape index (κ3) is 3.25. The molecule has 0 aliphatic carbocycles. The van der Waals surface area contributed by atoms with E-state index in [4.69, 9.17) is 0 Å². The molecule has 0 atom stereocenters. The molecule has 3 rings (SSSR count). The van der Waals surface area contributed by atoms with Gasteiger partial charge in [-0.3, -0.25) is 14.9 Å². The summed E-state index contributed by atoms with van der Waals surface area (Å²) in [7, 11) is 0. The summed E-state index contributed by atoms with van der Waals surface area (Å²) in [6.07, 6.45) is 0. The lowest BCUT2D eigenvalue weighted by molar-refractivity contribution is 0.810. The van der Waals surface area contributed by atoms with E-state index in [9.17, 15) is 4.79 Å². The van der Waals surface area contributed by atoms with E-state index in [2.05, 4.69) is 39.3 Å². The Morgan fingerprint density at radius 1 is 1.32 bits per heavy atom. The van der Waals surface area contributed by atoms with Crippen LogP contribution >= 0.6 is 11.3 Å². The molecule has 0 bridgehead atoms. The first-order chi connectivity index (χ1) is 10.6. The predicted molar refractivity (Wildman–Crippen MR) is 88.2 cm³/mol. The van der Waals surface area contributed by atoms with Gasteiger partial charge in [0.1, 0.15) is 5.69 Å². The summed E-state index contributed by atoms with van der Waals surface area (Å²) in [4.78, 5) is 20.1. The highest BCUT2D eigenvalue weighted by atomic mass is 32.1. The third-order valence-corrected chi connectivity index (χ3v) is 4.11. The van der Waals surface area contributed by atoms with Gasteiger partial charge in [0.05, 0.1) is 12.2 Å². The van der Waals surface area contributed by atoms with Crippen LogP contribution in [-0.2, 0) is 6.54 Å². The van der Waals surface area contributed by atoms with E-state index < -0.39 is 0 Å². The molecule has 3 aromatic rings. The normalized spacial score (nSPS) is 11.0. The van der Waals surface area contributed by atoms with Crippen molar-refractivity contribution in [2.45, 2.75) is 26.3 Å². The molecule has 6 nitrogen and oxygen atoms in total. The monoisotopic (exact) mass is 315 g/mol. The zero-order chi connectivity index (χ0) is 15.5.